The van der Waals surface area contributed by atoms with Gasteiger partial charge in [0.25, 0.3) is 0 Å². The first-order valence-electron chi connectivity index (χ1n) is 7.71. The molecule has 0 aliphatic carbocycles. The van der Waals surface area contributed by atoms with Gasteiger partial charge in [0.2, 0.25) is 0 Å². The fourth-order valence-corrected chi connectivity index (χ4v) is 3.38. The number of nitro benzene ring substituents is 1. The van der Waals surface area contributed by atoms with E-state index >= 15 is 0 Å². The van der Waals surface area contributed by atoms with Crippen molar-refractivity contribution in [3.8, 4) is 5.75 Å². The largest absolute Gasteiger partial charge is 0.502 e. The van der Waals surface area contributed by atoms with E-state index in [0.717, 1.165) is 30.6 Å². The quantitative estimate of drug-likeness (QED) is 0.683. The van der Waals surface area contributed by atoms with Gasteiger partial charge in [-0.3, -0.25) is 10.1 Å². The molecule has 0 fully saturated rings. The minimum absolute atomic E-state index is 0.102. The lowest BCUT2D eigenvalue weighted by molar-refractivity contribution is -0.385. The second kappa shape index (κ2) is 6.01. The molecule has 3 rings (SSSR count). The minimum Gasteiger partial charge on any atom is -0.502 e. The number of phenolic OH excluding ortho intramolecular Hbond substituents is 1. The molecular weight excluding hydrogens is 292 g/mol. The average Bonchev–Trinajstić information content (AvgIpc) is 2.66. The molecule has 1 heterocycles. The van der Waals surface area contributed by atoms with E-state index in [4.69, 9.17) is 0 Å². The molecule has 0 spiro atoms. The molecule has 1 unspecified atom stereocenters. The van der Waals surface area contributed by atoms with Crippen molar-refractivity contribution >= 4 is 5.69 Å². The maximum absolute atomic E-state index is 11.1. The van der Waals surface area contributed by atoms with Crippen LogP contribution in [0.4, 0.5) is 5.69 Å². The van der Waals surface area contributed by atoms with E-state index in [1.54, 1.807) is 6.07 Å². The van der Waals surface area contributed by atoms with E-state index < -0.39 is 4.92 Å². The third-order valence-electron chi connectivity index (χ3n) is 4.63. The molecule has 23 heavy (non-hydrogen) atoms. The predicted octanol–water partition coefficient (Wildman–Crippen LogP) is 3.23. The smallest absolute Gasteiger partial charge is 0.310 e. The molecule has 1 atom stereocenters. The van der Waals surface area contributed by atoms with Crippen LogP contribution in [0.5, 0.6) is 5.75 Å². The summed E-state index contributed by atoms with van der Waals surface area (Å²) in [5.74, 6) is -0.151. The Kier molecular flexibility index (Phi) is 4.05. The summed E-state index contributed by atoms with van der Waals surface area (Å²) in [7, 11) is 2.06. The van der Waals surface area contributed by atoms with E-state index in [0.29, 0.717) is 0 Å². The number of benzene rings is 2. The first-order valence-corrected chi connectivity index (χ1v) is 7.71. The maximum Gasteiger partial charge on any atom is 0.310 e. The number of hydrogen-bond donors (Lipinski definition) is 1. The van der Waals surface area contributed by atoms with Crippen LogP contribution in [0.2, 0.25) is 0 Å². The van der Waals surface area contributed by atoms with Crippen LogP contribution in [0.25, 0.3) is 0 Å². The van der Waals surface area contributed by atoms with Gasteiger partial charge >= 0.3 is 5.69 Å². The summed E-state index contributed by atoms with van der Waals surface area (Å²) >= 11 is 0. The highest BCUT2D eigenvalue weighted by molar-refractivity contribution is 5.55. The van der Waals surface area contributed by atoms with E-state index in [1.165, 1.54) is 17.2 Å². The number of nitro groups is 1. The summed E-state index contributed by atoms with van der Waals surface area (Å²) in [6, 6.07) is 11.3. The molecule has 5 heteroatoms. The number of hydrogen-bond acceptors (Lipinski definition) is 4. The molecule has 120 valence electrons. The second-order valence-corrected chi connectivity index (χ2v) is 6.22. The van der Waals surface area contributed by atoms with Crippen molar-refractivity contribution < 1.29 is 10.0 Å². The Morgan fingerprint density at radius 2 is 2.00 bits per heavy atom. The number of rotatable bonds is 2. The normalized spacial score (nSPS) is 18.3. The van der Waals surface area contributed by atoms with Gasteiger partial charge in [0.05, 0.1) is 4.92 Å². The van der Waals surface area contributed by atoms with Crippen LogP contribution in [-0.4, -0.2) is 35.1 Å². The molecule has 0 amide bonds. The van der Waals surface area contributed by atoms with Gasteiger partial charge in [0, 0.05) is 25.1 Å². The number of aryl methyl sites for hydroxylation is 1. The Bertz CT molecular complexity index is 758. The topological polar surface area (TPSA) is 66.6 Å². The van der Waals surface area contributed by atoms with Gasteiger partial charge in [-0.25, -0.2) is 0 Å². The van der Waals surface area contributed by atoms with Crippen LogP contribution in [0.3, 0.4) is 0 Å². The molecule has 2 aromatic rings. The standard InChI is InChI=1S/C18H20N2O3/c1-12-5-3-4-6-14(12)16-11-19(2)8-7-13-9-17(20(22)23)18(21)10-15(13)16/h3-6,9-10,16,21H,7-8,11H2,1-2H3. The zero-order chi connectivity index (χ0) is 16.6. The summed E-state index contributed by atoms with van der Waals surface area (Å²) in [5, 5.41) is 21.2. The Hall–Kier alpha value is -2.40. The molecular formula is C18H20N2O3. The SMILES string of the molecule is Cc1ccccc1C1CN(C)CCc2cc([N+](=O)[O-])c(O)cc21. The lowest BCUT2D eigenvalue weighted by Gasteiger charge is -2.23. The van der Waals surface area contributed by atoms with Gasteiger partial charge in [-0.15, -0.1) is 0 Å². The van der Waals surface area contributed by atoms with Gasteiger partial charge in [0.15, 0.2) is 5.75 Å². The van der Waals surface area contributed by atoms with Crippen LogP contribution in [0.15, 0.2) is 36.4 Å². The van der Waals surface area contributed by atoms with Crippen LogP contribution in [0.1, 0.15) is 28.2 Å². The summed E-state index contributed by atoms with van der Waals surface area (Å²) in [6.07, 6.45) is 0.745. The lowest BCUT2D eigenvalue weighted by atomic mass is 9.85. The Morgan fingerprint density at radius 1 is 1.26 bits per heavy atom. The molecule has 0 saturated heterocycles. The highest BCUT2D eigenvalue weighted by Crippen LogP contribution is 2.38. The summed E-state index contributed by atoms with van der Waals surface area (Å²) in [6.45, 7) is 3.75. The van der Waals surface area contributed by atoms with Crippen molar-refractivity contribution in [1.29, 1.82) is 0 Å². The van der Waals surface area contributed by atoms with Crippen molar-refractivity contribution in [2.24, 2.45) is 0 Å². The number of fused-ring (bicyclic) bond motifs is 1. The molecule has 1 aliphatic rings. The van der Waals surface area contributed by atoms with Crippen molar-refractivity contribution in [3.63, 3.8) is 0 Å². The highest BCUT2D eigenvalue weighted by Gasteiger charge is 2.27. The van der Waals surface area contributed by atoms with Gasteiger partial charge in [-0.1, -0.05) is 24.3 Å². The van der Waals surface area contributed by atoms with E-state index in [-0.39, 0.29) is 17.4 Å². The summed E-state index contributed by atoms with van der Waals surface area (Å²) in [4.78, 5) is 12.8. The number of phenols is 1. The van der Waals surface area contributed by atoms with Gasteiger partial charge in [0.1, 0.15) is 0 Å². The van der Waals surface area contributed by atoms with E-state index in [2.05, 4.69) is 31.0 Å². The minimum atomic E-state index is -0.521. The molecule has 0 radical (unpaired) electrons. The van der Waals surface area contributed by atoms with E-state index in [1.807, 2.05) is 12.1 Å². The lowest BCUT2D eigenvalue weighted by Crippen LogP contribution is -2.24. The van der Waals surface area contributed by atoms with Crippen LogP contribution >= 0.6 is 0 Å². The molecule has 1 aliphatic heterocycles. The van der Waals surface area contributed by atoms with Crippen LogP contribution < -0.4 is 0 Å². The first kappa shape index (κ1) is 15.5. The monoisotopic (exact) mass is 312 g/mol. The van der Waals surface area contributed by atoms with Crippen LogP contribution in [-0.2, 0) is 6.42 Å². The molecule has 0 aromatic heterocycles. The van der Waals surface area contributed by atoms with Gasteiger partial charge in [-0.2, -0.15) is 0 Å². The fourth-order valence-electron chi connectivity index (χ4n) is 3.38. The molecule has 0 bridgehead atoms. The third kappa shape index (κ3) is 2.92. The maximum atomic E-state index is 11.1. The van der Waals surface area contributed by atoms with E-state index in [9.17, 15) is 15.2 Å². The zero-order valence-electron chi connectivity index (χ0n) is 13.3. The Labute approximate surface area is 135 Å². The zero-order valence-corrected chi connectivity index (χ0v) is 13.3. The summed E-state index contributed by atoms with van der Waals surface area (Å²) < 4.78 is 0. The van der Waals surface area contributed by atoms with Crippen LogP contribution in [0, 0.1) is 17.0 Å². The van der Waals surface area contributed by atoms with Crippen molar-refractivity contribution in [1.82, 2.24) is 4.90 Å². The van der Waals surface area contributed by atoms with Gasteiger partial charge in [-0.05, 0) is 48.7 Å². The fraction of sp³-hybridized carbons (Fsp3) is 0.333. The van der Waals surface area contributed by atoms with Gasteiger partial charge < -0.3 is 10.0 Å². The molecule has 5 nitrogen and oxygen atoms in total. The molecule has 1 N–H and O–H groups in total. The Morgan fingerprint density at radius 3 is 2.70 bits per heavy atom. The third-order valence-corrected chi connectivity index (χ3v) is 4.63. The number of aromatic hydroxyl groups is 1. The van der Waals surface area contributed by atoms with Crippen molar-refractivity contribution in [2.45, 2.75) is 19.3 Å². The van der Waals surface area contributed by atoms with Crippen molar-refractivity contribution in [3.05, 3.63) is 68.8 Å². The molecule has 2 aromatic carbocycles. The second-order valence-electron chi connectivity index (χ2n) is 6.22. The molecule has 0 saturated carbocycles. The Balaban J connectivity index is 2.17. The highest BCUT2D eigenvalue weighted by atomic mass is 16.6. The number of likely N-dealkylation sites (N-methyl/N-ethyl adjacent to an activating group) is 1. The number of nitrogens with zero attached hydrogens (tertiary/aromatic N) is 2. The summed E-state index contributed by atoms with van der Waals surface area (Å²) in [5.41, 5.74) is 4.13. The first-order chi connectivity index (χ1) is 11.0. The average molecular weight is 312 g/mol. The predicted molar refractivity (Wildman–Crippen MR) is 89.0 cm³/mol. The van der Waals surface area contributed by atoms with Crippen molar-refractivity contribution in [2.75, 3.05) is 20.1 Å².